The number of aromatic carboxylic acids is 1. The van der Waals surface area contributed by atoms with Crippen LogP contribution in [-0.2, 0) is 0 Å². The number of carboxylic acid groups (broad SMARTS) is 1. The maximum absolute atomic E-state index is 10.8. The van der Waals surface area contributed by atoms with Crippen molar-refractivity contribution in [1.29, 1.82) is 0 Å². The highest BCUT2D eigenvalue weighted by Crippen LogP contribution is 2.34. The normalized spacial score (nSPS) is 9.73. The van der Waals surface area contributed by atoms with Gasteiger partial charge in [0.15, 0.2) is 0 Å². The first-order valence-corrected chi connectivity index (χ1v) is 4.11. The molecule has 0 fully saturated rings. The van der Waals surface area contributed by atoms with Crippen LogP contribution in [-0.4, -0.2) is 23.1 Å². The summed E-state index contributed by atoms with van der Waals surface area (Å²) in [6.07, 6.45) is 0. The van der Waals surface area contributed by atoms with Gasteiger partial charge in [-0.15, -0.1) is 0 Å². The van der Waals surface area contributed by atoms with Crippen LogP contribution in [0.15, 0.2) is 12.1 Å². The van der Waals surface area contributed by atoms with Crippen molar-refractivity contribution in [3.05, 3.63) is 32.8 Å². The van der Waals surface area contributed by atoms with E-state index in [1.807, 2.05) is 0 Å². The third-order valence-corrected chi connectivity index (χ3v) is 2.10. The van der Waals surface area contributed by atoms with Crippen LogP contribution in [0.25, 0.3) is 0 Å². The Morgan fingerprint density at radius 2 is 2.20 bits per heavy atom. The minimum absolute atomic E-state index is 0.0156. The van der Waals surface area contributed by atoms with E-state index in [9.17, 15) is 14.9 Å². The average Bonchev–Trinajstić information content (AvgIpc) is 2.15. The highest BCUT2D eigenvalue weighted by atomic mass is 35.5. The second-order valence-corrected chi connectivity index (χ2v) is 2.92. The number of hydrogen-bond acceptors (Lipinski definition) is 4. The fourth-order valence-corrected chi connectivity index (χ4v) is 1.36. The summed E-state index contributed by atoms with van der Waals surface area (Å²) in [6, 6.07) is 2.28. The zero-order valence-electron chi connectivity index (χ0n) is 7.56. The lowest BCUT2D eigenvalue weighted by molar-refractivity contribution is -0.384. The molecule has 0 bridgehead atoms. The molecule has 1 rings (SSSR count). The van der Waals surface area contributed by atoms with Gasteiger partial charge in [-0.25, -0.2) is 4.79 Å². The van der Waals surface area contributed by atoms with Crippen molar-refractivity contribution >= 4 is 23.3 Å². The number of carbonyl (C=O) groups is 1. The maximum Gasteiger partial charge on any atom is 0.341 e. The fourth-order valence-electron chi connectivity index (χ4n) is 1.06. The molecule has 0 saturated heterocycles. The smallest absolute Gasteiger partial charge is 0.341 e. The molecule has 0 atom stereocenters. The molecule has 0 aliphatic rings. The van der Waals surface area contributed by atoms with E-state index in [2.05, 4.69) is 0 Å². The van der Waals surface area contributed by atoms with Crippen molar-refractivity contribution in [3.63, 3.8) is 0 Å². The lowest BCUT2D eigenvalue weighted by Crippen LogP contribution is -2.03. The standard InChI is InChI=1S/C8H6ClNO5/c1-15-5-3-2-4(10(13)14)7(9)6(5)8(11)12/h2-3H,1H3,(H,11,12). The maximum atomic E-state index is 10.8. The summed E-state index contributed by atoms with van der Waals surface area (Å²) in [6.45, 7) is 0. The van der Waals surface area contributed by atoms with Crippen LogP contribution in [0.1, 0.15) is 10.4 Å². The van der Waals surface area contributed by atoms with Gasteiger partial charge in [-0.05, 0) is 6.07 Å². The fraction of sp³-hybridized carbons (Fsp3) is 0.125. The number of nitro groups is 1. The number of methoxy groups -OCH3 is 1. The van der Waals surface area contributed by atoms with Gasteiger partial charge in [0.2, 0.25) is 0 Å². The van der Waals surface area contributed by atoms with Gasteiger partial charge < -0.3 is 9.84 Å². The SMILES string of the molecule is COc1ccc([N+](=O)[O-])c(Cl)c1C(=O)O. The summed E-state index contributed by atoms with van der Waals surface area (Å²) >= 11 is 5.58. The molecule has 0 unspecified atom stereocenters. The van der Waals surface area contributed by atoms with E-state index in [1.54, 1.807) is 0 Å². The van der Waals surface area contributed by atoms with Gasteiger partial charge in [-0.3, -0.25) is 10.1 Å². The van der Waals surface area contributed by atoms with Crippen molar-refractivity contribution in [2.75, 3.05) is 7.11 Å². The molecule has 1 aromatic carbocycles. The zero-order chi connectivity index (χ0) is 11.6. The number of carboxylic acids is 1. The summed E-state index contributed by atoms with van der Waals surface area (Å²) in [5.41, 5.74) is -0.872. The van der Waals surface area contributed by atoms with E-state index >= 15 is 0 Å². The summed E-state index contributed by atoms with van der Waals surface area (Å²) in [5, 5.41) is 18.8. The van der Waals surface area contributed by atoms with Crippen molar-refractivity contribution in [2.24, 2.45) is 0 Å². The highest BCUT2D eigenvalue weighted by molar-refractivity contribution is 6.36. The van der Waals surface area contributed by atoms with Crippen LogP contribution in [0, 0.1) is 10.1 Å². The van der Waals surface area contributed by atoms with Crippen molar-refractivity contribution in [1.82, 2.24) is 0 Å². The Morgan fingerprint density at radius 3 is 2.60 bits per heavy atom. The molecule has 1 N–H and O–H groups in total. The Balaban J connectivity index is 3.49. The van der Waals surface area contributed by atoms with Crippen LogP contribution < -0.4 is 4.74 Å². The van der Waals surface area contributed by atoms with Crippen LogP contribution >= 0.6 is 11.6 Å². The Bertz CT molecular complexity index is 431. The first-order chi connectivity index (χ1) is 6.99. The van der Waals surface area contributed by atoms with Gasteiger partial charge in [-0.1, -0.05) is 11.6 Å². The van der Waals surface area contributed by atoms with Crippen LogP contribution in [0.3, 0.4) is 0 Å². The lowest BCUT2D eigenvalue weighted by atomic mass is 10.2. The van der Waals surface area contributed by atoms with E-state index in [1.165, 1.54) is 13.2 Å². The first-order valence-electron chi connectivity index (χ1n) is 3.73. The van der Waals surface area contributed by atoms with E-state index in [4.69, 9.17) is 21.4 Å². The van der Waals surface area contributed by atoms with Crippen LogP contribution in [0.5, 0.6) is 5.75 Å². The zero-order valence-corrected chi connectivity index (χ0v) is 8.32. The van der Waals surface area contributed by atoms with Gasteiger partial charge in [0, 0.05) is 6.07 Å². The second kappa shape index (κ2) is 4.14. The molecular formula is C8H6ClNO5. The number of nitrogens with zero attached hydrogens (tertiary/aromatic N) is 1. The monoisotopic (exact) mass is 231 g/mol. The number of ether oxygens (including phenoxy) is 1. The summed E-state index contributed by atoms with van der Waals surface area (Å²) in [5.74, 6) is -1.39. The number of nitro benzene ring substituents is 1. The largest absolute Gasteiger partial charge is 0.496 e. The number of rotatable bonds is 3. The van der Waals surface area contributed by atoms with Crippen molar-refractivity contribution in [3.8, 4) is 5.75 Å². The molecule has 0 aliphatic carbocycles. The number of halogens is 1. The number of benzene rings is 1. The average molecular weight is 232 g/mol. The van der Waals surface area contributed by atoms with Crippen LogP contribution in [0.2, 0.25) is 5.02 Å². The van der Waals surface area contributed by atoms with E-state index < -0.39 is 27.2 Å². The molecule has 15 heavy (non-hydrogen) atoms. The first kappa shape index (κ1) is 11.3. The van der Waals surface area contributed by atoms with Gasteiger partial charge in [0.25, 0.3) is 5.69 Å². The van der Waals surface area contributed by atoms with E-state index in [-0.39, 0.29) is 5.75 Å². The minimum Gasteiger partial charge on any atom is -0.496 e. The minimum atomic E-state index is -1.37. The van der Waals surface area contributed by atoms with Crippen molar-refractivity contribution in [2.45, 2.75) is 0 Å². The molecule has 6 nitrogen and oxygen atoms in total. The van der Waals surface area contributed by atoms with Gasteiger partial charge >= 0.3 is 5.97 Å². The number of hydrogen-bond donors (Lipinski definition) is 1. The lowest BCUT2D eigenvalue weighted by Gasteiger charge is -2.06. The molecule has 0 spiro atoms. The summed E-state index contributed by atoms with van der Waals surface area (Å²) in [4.78, 5) is 20.5. The predicted octanol–water partition coefficient (Wildman–Crippen LogP) is 1.95. The Labute approximate surface area is 89.2 Å². The van der Waals surface area contributed by atoms with Gasteiger partial charge in [0.1, 0.15) is 16.3 Å². The third kappa shape index (κ3) is 1.99. The molecule has 0 aliphatic heterocycles. The van der Waals surface area contributed by atoms with E-state index in [0.717, 1.165) is 6.07 Å². The topological polar surface area (TPSA) is 89.7 Å². The molecule has 0 amide bonds. The van der Waals surface area contributed by atoms with Crippen LogP contribution in [0.4, 0.5) is 5.69 Å². The molecule has 80 valence electrons. The molecule has 0 saturated carbocycles. The highest BCUT2D eigenvalue weighted by Gasteiger charge is 2.24. The Morgan fingerprint density at radius 1 is 1.60 bits per heavy atom. The van der Waals surface area contributed by atoms with Gasteiger partial charge in [-0.2, -0.15) is 0 Å². The Kier molecular flexibility index (Phi) is 3.11. The molecule has 7 heteroatoms. The predicted molar refractivity (Wildman–Crippen MR) is 51.6 cm³/mol. The summed E-state index contributed by atoms with van der Waals surface area (Å²) in [7, 11) is 1.25. The van der Waals surface area contributed by atoms with Gasteiger partial charge in [0.05, 0.1) is 12.0 Å². The Hall–Kier alpha value is -1.82. The quantitative estimate of drug-likeness (QED) is 0.634. The molecular weight excluding hydrogens is 226 g/mol. The molecule has 0 radical (unpaired) electrons. The summed E-state index contributed by atoms with van der Waals surface area (Å²) < 4.78 is 4.73. The second-order valence-electron chi connectivity index (χ2n) is 2.54. The molecule has 0 aromatic heterocycles. The molecule has 0 heterocycles. The van der Waals surface area contributed by atoms with Crippen molar-refractivity contribution < 1.29 is 19.6 Å². The van der Waals surface area contributed by atoms with E-state index in [0.29, 0.717) is 0 Å². The third-order valence-electron chi connectivity index (χ3n) is 1.71. The molecule has 1 aromatic rings.